The molecule has 114 valence electrons. The van der Waals surface area contributed by atoms with Gasteiger partial charge < -0.3 is 10.6 Å². The van der Waals surface area contributed by atoms with Crippen LogP contribution in [-0.4, -0.2) is 24.9 Å². The molecule has 5 heteroatoms. The summed E-state index contributed by atoms with van der Waals surface area (Å²) in [6.07, 6.45) is 5.54. The Morgan fingerprint density at radius 1 is 1.00 bits per heavy atom. The van der Waals surface area contributed by atoms with E-state index in [0.717, 1.165) is 30.2 Å². The average molecular weight is 353 g/mol. The lowest BCUT2D eigenvalue weighted by atomic mass is 9.89. The molecule has 2 amide bonds. The van der Waals surface area contributed by atoms with Crippen LogP contribution in [-0.2, 0) is 4.79 Å². The minimum absolute atomic E-state index is 0.116. The number of amides is 2. The van der Waals surface area contributed by atoms with Crippen LogP contribution in [0.5, 0.6) is 0 Å². The summed E-state index contributed by atoms with van der Waals surface area (Å²) < 4.78 is 0.943. The third-order valence-electron chi connectivity index (χ3n) is 3.79. The molecule has 0 atom stereocenters. The Morgan fingerprint density at radius 3 is 2.29 bits per heavy atom. The van der Waals surface area contributed by atoms with Gasteiger partial charge in [0.2, 0.25) is 5.91 Å². The lowest BCUT2D eigenvalue weighted by Crippen LogP contribution is -2.38. The molecule has 2 rings (SSSR count). The van der Waals surface area contributed by atoms with E-state index in [1.165, 1.54) is 6.42 Å². The van der Waals surface area contributed by atoms with Gasteiger partial charge in [-0.3, -0.25) is 9.59 Å². The first kappa shape index (κ1) is 16.0. The number of halogens is 1. The summed E-state index contributed by atoms with van der Waals surface area (Å²) in [5, 5.41) is 5.71. The van der Waals surface area contributed by atoms with Crippen LogP contribution in [0.3, 0.4) is 0 Å². The van der Waals surface area contributed by atoms with Gasteiger partial charge >= 0.3 is 0 Å². The van der Waals surface area contributed by atoms with E-state index in [4.69, 9.17) is 0 Å². The molecule has 0 radical (unpaired) electrons. The van der Waals surface area contributed by atoms with Gasteiger partial charge in [-0.25, -0.2) is 0 Å². The highest BCUT2D eigenvalue weighted by molar-refractivity contribution is 9.10. The van der Waals surface area contributed by atoms with E-state index in [1.54, 1.807) is 12.1 Å². The first-order chi connectivity index (χ1) is 10.2. The standard InChI is InChI=1S/C16H21BrN2O2/c17-14-8-6-13(7-9-14)16(21)19-11-10-18-15(20)12-4-2-1-3-5-12/h6-9,12H,1-5,10-11H2,(H,18,20)(H,19,21). The summed E-state index contributed by atoms with van der Waals surface area (Å²) >= 11 is 3.33. The van der Waals surface area contributed by atoms with Crippen LogP contribution in [0.2, 0.25) is 0 Å². The van der Waals surface area contributed by atoms with Crippen molar-refractivity contribution >= 4 is 27.7 Å². The van der Waals surface area contributed by atoms with Crippen LogP contribution < -0.4 is 10.6 Å². The van der Waals surface area contributed by atoms with Crippen molar-refractivity contribution in [1.82, 2.24) is 10.6 Å². The van der Waals surface area contributed by atoms with Gasteiger partial charge in [0.15, 0.2) is 0 Å². The zero-order valence-electron chi connectivity index (χ0n) is 12.0. The van der Waals surface area contributed by atoms with Crippen molar-refractivity contribution in [1.29, 1.82) is 0 Å². The third kappa shape index (κ3) is 5.16. The lowest BCUT2D eigenvalue weighted by molar-refractivity contribution is -0.125. The smallest absolute Gasteiger partial charge is 0.251 e. The normalized spacial score (nSPS) is 15.5. The fourth-order valence-corrected chi connectivity index (χ4v) is 2.84. The summed E-state index contributed by atoms with van der Waals surface area (Å²) in [4.78, 5) is 23.8. The van der Waals surface area contributed by atoms with E-state index >= 15 is 0 Å². The minimum Gasteiger partial charge on any atom is -0.354 e. The van der Waals surface area contributed by atoms with Gasteiger partial charge in [-0.05, 0) is 37.1 Å². The number of hydrogen-bond donors (Lipinski definition) is 2. The molecular formula is C16H21BrN2O2. The third-order valence-corrected chi connectivity index (χ3v) is 4.32. The minimum atomic E-state index is -0.116. The van der Waals surface area contributed by atoms with Gasteiger partial charge in [0.1, 0.15) is 0 Å². The lowest BCUT2D eigenvalue weighted by Gasteiger charge is -2.20. The summed E-state index contributed by atoms with van der Waals surface area (Å²) in [7, 11) is 0. The van der Waals surface area contributed by atoms with Crippen molar-refractivity contribution in [3.8, 4) is 0 Å². The Balaban J connectivity index is 1.66. The summed E-state index contributed by atoms with van der Waals surface area (Å²) in [6.45, 7) is 0.935. The molecule has 0 spiro atoms. The Morgan fingerprint density at radius 2 is 1.62 bits per heavy atom. The zero-order valence-corrected chi connectivity index (χ0v) is 13.6. The number of nitrogens with one attached hydrogen (secondary N) is 2. The molecule has 21 heavy (non-hydrogen) atoms. The number of benzene rings is 1. The fourth-order valence-electron chi connectivity index (χ4n) is 2.57. The molecule has 0 heterocycles. The van der Waals surface area contributed by atoms with Crippen LogP contribution in [0.4, 0.5) is 0 Å². The Kier molecular flexibility index (Phi) is 6.23. The number of carbonyl (C=O) groups excluding carboxylic acids is 2. The summed E-state index contributed by atoms with van der Waals surface area (Å²) in [6, 6.07) is 7.19. The first-order valence-electron chi connectivity index (χ1n) is 7.48. The highest BCUT2D eigenvalue weighted by Crippen LogP contribution is 2.23. The maximum absolute atomic E-state index is 11.9. The monoisotopic (exact) mass is 352 g/mol. The maximum atomic E-state index is 11.9. The molecule has 1 aliphatic rings. The van der Waals surface area contributed by atoms with Gasteiger partial charge in [0, 0.05) is 29.0 Å². The molecule has 0 aliphatic heterocycles. The van der Waals surface area contributed by atoms with Crippen LogP contribution >= 0.6 is 15.9 Å². The fraction of sp³-hybridized carbons (Fsp3) is 0.500. The largest absolute Gasteiger partial charge is 0.354 e. The number of carbonyl (C=O) groups is 2. The van der Waals surface area contributed by atoms with Gasteiger partial charge in [0.05, 0.1) is 0 Å². The molecular weight excluding hydrogens is 332 g/mol. The molecule has 0 unspecified atom stereocenters. The Hall–Kier alpha value is -1.36. The van der Waals surface area contributed by atoms with E-state index in [9.17, 15) is 9.59 Å². The molecule has 1 fully saturated rings. The van der Waals surface area contributed by atoms with Crippen molar-refractivity contribution in [2.45, 2.75) is 32.1 Å². The number of hydrogen-bond acceptors (Lipinski definition) is 2. The van der Waals surface area contributed by atoms with Crippen molar-refractivity contribution in [2.24, 2.45) is 5.92 Å². The molecule has 1 aromatic carbocycles. The first-order valence-corrected chi connectivity index (χ1v) is 8.27. The zero-order chi connectivity index (χ0) is 15.1. The van der Waals surface area contributed by atoms with Gasteiger partial charge in [-0.2, -0.15) is 0 Å². The molecule has 1 saturated carbocycles. The quantitative estimate of drug-likeness (QED) is 0.800. The van der Waals surface area contributed by atoms with E-state index in [-0.39, 0.29) is 17.7 Å². The molecule has 1 aromatic rings. The topological polar surface area (TPSA) is 58.2 Å². The van der Waals surface area contributed by atoms with Gasteiger partial charge in [0.25, 0.3) is 5.91 Å². The molecule has 2 N–H and O–H groups in total. The van der Waals surface area contributed by atoms with Crippen LogP contribution in [0.15, 0.2) is 28.7 Å². The summed E-state index contributed by atoms with van der Waals surface area (Å²) in [5.41, 5.74) is 0.622. The van der Waals surface area contributed by atoms with Crippen LogP contribution in [0, 0.1) is 5.92 Å². The highest BCUT2D eigenvalue weighted by atomic mass is 79.9. The summed E-state index contributed by atoms with van der Waals surface area (Å²) in [5.74, 6) is 0.183. The number of rotatable bonds is 5. The second-order valence-corrected chi connectivity index (χ2v) is 6.30. The average Bonchev–Trinajstić information content (AvgIpc) is 2.52. The van der Waals surface area contributed by atoms with E-state index in [2.05, 4.69) is 26.6 Å². The predicted molar refractivity (Wildman–Crippen MR) is 86.1 cm³/mol. The maximum Gasteiger partial charge on any atom is 0.251 e. The van der Waals surface area contributed by atoms with Crippen molar-refractivity contribution in [3.63, 3.8) is 0 Å². The van der Waals surface area contributed by atoms with Crippen molar-refractivity contribution in [2.75, 3.05) is 13.1 Å². The molecule has 0 bridgehead atoms. The Labute approximate surface area is 133 Å². The molecule has 0 saturated heterocycles. The van der Waals surface area contributed by atoms with Gasteiger partial charge in [-0.1, -0.05) is 35.2 Å². The van der Waals surface area contributed by atoms with Crippen LogP contribution in [0.1, 0.15) is 42.5 Å². The molecule has 1 aliphatic carbocycles. The molecule has 0 aromatic heterocycles. The highest BCUT2D eigenvalue weighted by Gasteiger charge is 2.20. The molecule has 4 nitrogen and oxygen atoms in total. The van der Waals surface area contributed by atoms with Crippen molar-refractivity contribution in [3.05, 3.63) is 34.3 Å². The van der Waals surface area contributed by atoms with E-state index < -0.39 is 0 Å². The van der Waals surface area contributed by atoms with E-state index in [0.29, 0.717) is 18.7 Å². The Bertz CT molecular complexity index is 482. The predicted octanol–water partition coefficient (Wildman–Crippen LogP) is 2.88. The second-order valence-electron chi connectivity index (χ2n) is 5.39. The van der Waals surface area contributed by atoms with E-state index in [1.807, 2.05) is 12.1 Å². The van der Waals surface area contributed by atoms with Gasteiger partial charge in [-0.15, -0.1) is 0 Å². The van der Waals surface area contributed by atoms with Crippen molar-refractivity contribution < 1.29 is 9.59 Å². The SMILES string of the molecule is O=C(NCCNC(=O)C1CCCCC1)c1ccc(Br)cc1. The van der Waals surface area contributed by atoms with Crippen LogP contribution in [0.25, 0.3) is 0 Å². The second kappa shape index (κ2) is 8.17.